The van der Waals surface area contributed by atoms with Crippen LogP contribution >= 0.6 is 68.8 Å². The van der Waals surface area contributed by atoms with Crippen molar-refractivity contribution in [1.29, 1.82) is 0 Å². The van der Waals surface area contributed by atoms with Gasteiger partial charge in [-0.05, 0) is 98.7 Å². The van der Waals surface area contributed by atoms with Crippen LogP contribution in [0.2, 0.25) is 0 Å². The third kappa shape index (κ3) is 9.30. The van der Waals surface area contributed by atoms with Gasteiger partial charge in [0, 0.05) is 70.1 Å². The van der Waals surface area contributed by atoms with Crippen molar-refractivity contribution in [2.45, 2.75) is 110 Å². The second-order valence-corrected chi connectivity index (χ2v) is 22.9. The summed E-state index contributed by atoms with van der Waals surface area (Å²) in [5.41, 5.74) is 16.0. The van der Waals surface area contributed by atoms with Crippen molar-refractivity contribution in [1.82, 2.24) is 22.1 Å². The summed E-state index contributed by atoms with van der Waals surface area (Å²) in [4.78, 5) is 4.87. The Bertz CT molecular complexity index is 3160. The first-order valence-electron chi connectivity index (χ1n) is 24.6. The second-order valence-electron chi connectivity index (χ2n) is 18.1. The highest BCUT2D eigenvalue weighted by molar-refractivity contribution is 7.15. The lowest BCUT2D eigenvalue weighted by molar-refractivity contribution is 0.526. The highest BCUT2D eigenvalue weighted by Gasteiger charge is 2.24. The zero-order valence-electron chi connectivity index (χ0n) is 38.5. The molecule has 0 spiro atoms. The molecule has 0 aliphatic heterocycles. The molecule has 0 radical (unpaired) electrons. The van der Waals surface area contributed by atoms with Crippen LogP contribution in [0.1, 0.15) is 103 Å². The van der Waals surface area contributed by atoms with Crippen molar-refractivity contribution in [3.8, 4) is 64.0 Å². The fraction of sp³-hybridized carbons (Fsp3) is 0.298. The van der Waals surface area contributed by atoms with Gasteiger partial charge >= 0.3 is 0 Å². The number of hydrogen-bond acceptors (Lipinski definition) is 10. The molecule has 0 saturated heterocycles. The monoisotopic (exact) mass is 1000 g/mol. The Morgan fingerprint density at radius 2 is 0.765 bits per heavy atom. The standard InChI is InChI=1S/C57H55N5S6/c1-2-3-4-5-6-7-8-9-10-11-12-13-14-15-16-29-62-46-34-38(42-36-44(48-21-17-30-63-48)54-56(60-67-58-54)52(42)50-23-19-32-65-50)25-27-40(46)41-28-26-39(35-47(41)62)43-37-45(49-22-18-31-64-49)55-57(61-68-59-55)53(43)51-24-20-33-66-51/h17-28,30-37H,2-16,29H2,1H3. The van der Waals surface area contributed by atoms with Gasteiger partial charge in [0.1, 0.15) is 22.1 Å². The lowest BCUT2D eigenvalue weighted by Gasteiger charge is -2.14. The summed E-state index contributed by atoms with van der Waals surface area (Å²) in [6, 6.07) is 36.6. The number of thiophene rings is 4. The Labute approximate surface area is 423 Å². The van der Waals surface area contributed by atoms with Gasteiger partial charge in [-0.1, -0.05) is 145 Å². The minimum Gasteiger partial charge on any atom is -0.340 e. The predicted molar refractivity (Wildman–Crippen MR) is 300 cm³/mol. The molecule has 0 unspecified atom stereocenters. The van der Waals surface area contributed by atoms with Crippen molar-refractivity contribution in [3.05, 3.63) is 119 Å². The number of hydrogen-bond donors (Lipinski definition) is 0. The van der Waals surface area contributed by atoms with Crippen LogP contribution in [-0.4, -0.2) is 22.1 Å². The van der Waals surface area contributed by atoms with E-state index in [0.717, 1.165) is 46.2 Å². The lowest BCUT2D eigenvalue weighted by Crippen LogP contribution is -1.99. The van der Waals surface area contributed by atoms with Crippen LogP contribution in [0.5, 0.6) is 0 Å². The molecule has 0 bridgehead atoms. The molecule has 11 rings (SSSR count). The largest absolute Gasteiger partial charge is 0.340 e. The van der Waals surface area contributed by atoms with E-state index in [1.165, 1.54) is 188 Å². The first-order valence-corrected chi connectivity index (χ1v) is 29.5. The van der Waals surface area contributed by atoms with Crippen molar-refractivity contribution in [2.24, 2.45) is 0 Å². The molecule has 0 fully saturated rings. The summed E-state index contributed by atoms with van der Waals surface area (Å²) >= 11 is 9.69. The molecule has 7 aromatic heterocycles. The maximum atomic E-state index is 4.98. The molecular weight excluding hydrogens is 947 g/mol. The second kappa shape index (κ2) is 21.4. The van der Waals surface area contributed by atoms with E-state index in [4.69, 9.17) is 17.5 Å². The van der Waals surface area contributed by atoms with Gasteiger partial charge in [-0.2, -0.15) is 17.5 Å². The number of nitrogens with zero attached hydrogens (tertiary/aromatic N) is 5. The van der Waals surface area contributed by atoms with Crippen molar-refractivity contribution < 1.29 is 0 Å². The fourth-order valence-electron chi connectivity index (χ4n) is 10.2. The summed E-state index contributed by atoms with van der Waals surface area (Å²) in [6.45, 7) is 3.27. The number of benzene rings is 4. The van der Waals surface area contributed by atoms with Crippen LogP contribution in [0, 0.1) is 0 Å². The molecule has 0 aliphatic carbocycles. The molecule has 344 valence electrons. The summed E-state index contributed by atoms with van der Waals surface area (Å²) in [6.07, 6.45) is 20.4. The summed E-state index contributed by atoms with van der Waals surface area (Å²) in [5.74, 6) is 0. The molecule has 7 heterocycles. The van der Waals surface area contributed by atoms with Crippen LogP contribution in [0.15, 0.2) is 119 Å². The Hall–Kier alpha value is -4.88. The Morgan fingerprint density at radius 1 is 0.382 bits per heavy atom. The third-order valence-corrected chi connectivity index (χ3v) is 18.3. The highest BCUT2D eigenvalue weighted by atomic mass is 32.1. The SMILES string of the molecule is CCCCCCCCCCCCCCCCCn1c2cc(-c3cc(-c4cccs4)c4nsnc4c3-c3cccs3)ccc2c2ccc(-c3cc(-c4cccs4)c4nsnc4c3-c3cccs3)cc21. The Kier molecular flexibility index (Phi) is 14.3. The minimum absolute atomic E-state index is 0.964. The van der Waals surface area contributed by atoms with E-state index in [1.807, 2.05) is 0 Å². The van der Waals surface area contributed by atoms with Crippen molar-refractivity contribution >= 4 is 113 Å². The zero-order chi connectivity index (χ0) is 45.7. The van der Waals surface area contributed by atoms with Gasteiger partial charge < -0.3 is 4.57 Å². The molecule has 0 saturated carbocycles. The van der Waals surface area contributed by atoms with Gasteiger partial charge in [0.2, 0.25) is 0 Å². The van der Waals surface area contributed by atoms with Crippen LogP contribution in [0.4, 0.5) is 0 Å². The average Bonchev–Trinajstić information content (AvgIpc) is 4.23. The first kappa shape index (κ1) is 45.6. The van der Waals surface area contributed by atoms with E-state index in [1.54, 1.807) is 45.3 Å². The summed E-state index contributed by atoms with van der Waals surface area (Å²) in [7, 11) is 0. The molecule has 0 N–H and O–H groups in total. The smallest absolute Gasteiger partial charge is 0.114 e. The van der Waals surface area contributed by atoms with E-state index in [9.17, 15) is 0 Å². The average molecular weight is 1000 g/mol. The molecule has 0 amide bonds. The quantitative estimate of drug-likeness (QED) is 0.0635. The fourth-order valence-corrected chi connectivity index (χ4v) is 14.4. The van der Waals surface area contributed by atoms with Gasteiger partial charge in [-0.3, -0.25) is 0 Å². The van der Waals surface area contributed by atoms with Crippen LogP contribution in [0.25, 0.3) is 108 Å². The summed E-state index contributed by atoms with van der Waals surface area (Å²) < 4.78 is 22.4. The Balaban J connectivity index is 0.962. The maximum absolute atomic E-state index is 4.98. The van der Waals surface area contributed by atoms with E-state index in [2.05, 4.69) is 130 Å². The minimum atomic E-state index is 0.964. The van der Waals surface area contributed by atoms with Crippen molar-refractivity contribution in [2.75, 3.05) is 0 Å². The lowest BCUT2D eigenvalue weighted by atomic mass is 9.92. The molecule has 11 aromatic rings. The van der Waals surface area contributed by atoms with E-state index >= 15 is 0 Å². The van der Waals surface area contributed by atoms with E-state index in [-0.39, 0.29) is 0 Å². The van der Waals surface area contributed by atoms with E-state index in [0.29, 0.717) is 0 Å². The topological polar surface area (TPSA) is 56.5 Å². The van der Waals surface area contributed by atoms with Gasteiger partial charge in [0.25, 0.3) is 0 Å². The maximum Gasteiger partial charge on any atom is 0.114 e. The Morgan fingerprint density at radius 3 is 1.16 bits per heavy atom. The third-order valence-electron chi connectivity index (χ3n) is 13.7. The molecule has 4 aromatic carbocycles. The highest BCUT2D eigenvalue weighted by Crippen LogP contribution is 2.48. The number of aromatic nitrogens is 5. The summed E-state index contributed by atoms with van der Waals surface area (Å²) in [5, 5.41) is 11.2. The van der Waals surface area contributed by atoms with Gasteiger partial charge in [0.05, 0.1) is 23.5 Å². The van der Waals surface area contributed by atoms with Crippen LogP contribution in [0.3, 0.4) is 0 Å². The van der Waals surface area contributed by atoms with E-state index < -0.39 is 0 Å². The molecule has 0 aliphatic rings. The van der Waals surface area contributed by atoms with Gasteiger partial charge in [-0.15, -0.1) is 45.3 Å². The number of aryl methyl sites for hydroxylation is 1. The molecule has 11 heteroatoms. The van der Waals surface area contributed by atoms with Gasteiger partial charge in [-0.25, -0.2) is 0 Å². The number of fused-ring (bicyclic) bond motifs is 5. The molecular formula is C57H55N5S6. The first-order chi connectivity index (χ1) is 33.7. The normalized spacial score (nSPS) is 12.0. The number of rotatable bonds is 22. The van der Waals surface area contributed by atoms with Crippen molar-refractivity contribution in [3.63, 3.8) is 0 Å². The number of unbranched alkanes of at least 4 members (excludes halogenated alkanes) is 14. The molecule has 0 atom stereocenters. The molecule has 68 heavy (non-hydrogen) atoms. The van der Waals surface area contributed by atoms with Crippen LogP contribution in [-0.2, 0) is 6.54 Å². The zero-order valence-corrected chi connectivity index (χ0v) is 43.4. The predicted octanol–water partition coefficient (Wildman–Crippen LogP) is 19.9. The molecule has 5 nitrogen and oxygen atoms in total. The van der Waals surface area contributed by atoms with Gasteiger partial charge in [0.15, 0.2) is 0 Å². The van der Waals surface area contributed by atoms with Crippen LogP contribution < -0.4 is 0 Å².